The maximum absolute atomic E-state index is 12.6. The van der Waals surface area contributed by atoms with E-state index in [2.05, 4.69) is 20.4 Å². The van der Waals surface area contributed by atoms with Gasteiger partial charge in [-0.1, -0.05) is 18.2 Å². The van der Waals surface area contributed by atoms with Gasteiger partial charge in [0.1, 0.15) is 5.75 Å². The van der Waals surface area contributed by atoms with Crippen LogP contribution in [0.5, 0.6) is 5.75 Å². The van der Waals surface area contributed by atoms with Gasteiger partial charge in [0.25, 0.3) is 0 Å². The van der Waals surface area contributed by atoms with Crippen LogP contribution in [0.4, 0.5) is 13.9 Å². The summed E-state index contributed by atoms with van der Waals surface area (Å²) in [5, 5.41) is 6.84. The lowest BCUT2D eigenvalue weighted by Crippen LogP contribution is -2.26. The number of piperidine rings is 1. The number of rotatable bonds is 6. The quantitative estimate of drug-likeness (QED) is 0.780. The van der Waals surface area contributed by atoms with Gasteiger partial charge in [0, 0.05) is 17.0 Å². The molecule has 1 saturated carbocycles. The Hall–Kier alpha value is -2.06. The van der Waals surface area contributed by atoms with Crippen LogP contribution in [0.2, 0.25) is 0 Å². The van der Waals surface area contributed by atoms with Crippen LogP contribution in [0.3, 0.4) is 0 Å². The van der Waals surface area contributed by atoms with Gasteiger partial charge in [0.2, 0.25) is 5.91 Å². The summed E-state index contributed by atoms with van der Waals surface area (Å²) >= 11 is 1.53. The van der Waals surface area contributed by atoms with E-state index in [-0.39, 0.29) is 23.5 Å². The van der Waals surface area contributed by atoms with E-state index in [4.69, 9.17) is 0 Å². The maximum Gasteiger partial charge on any atom is 0.387 e. The molecule has 2 atom stereocenters. The van der Waals surface area contributed by atoms with Crippen molar-refractivity contribution in [2.24, 2.45) is 5.92 Å². The first-order valence-electron chi connectivity index (χ1n) is 9.13. The molecule has 4 rings (SSSR count). The Morgan fingerprint density at radius 2 is 2.07 bits per heavy atom. The lowest BCUT2D eigenvalue weighted by atomic mass is 9.97. The second kappa shape index (κ2) is 7.90. The second-order valence-electron chi connectivity index (χ2n) is 6.95. The zero-order chi connectivity index (χ0) is 18.8. The number of alkyl halides is 2. The van der Waals surface area contributed by atoms with Crippen LogP contribution < -0.4 is 15.4 Å². The van der Waals surface area contributed by atoms with Gasteiger partial charge < -0.3 is 15.4 Å². The van der Waals surface area contributed by atoms with Gasteiger partial charge in [0.05, 0.1) is 0 Å². The van der Waals surface area contributed by atoms with Gasteiger partial charge in [-0.05, 0) is 55.8 Å². The molecule has 1 aromatic carbocycles. The number of thiazole rings is 1. The van der Waals surface area contributed by atoms with E-state index >= 15 is 0 Å². The van der Waals surface area contributed by atoms with Crippen molar-refractivity contribution in [2.45, 2.75) is 37.7 Å². The Kier molecular flexibility index (Phi) is 5.36. The molecule has 8 heteroatoms. The standard InChI is InChI=1S/C19H21F2N3O2S/c20-18(21)26-15-4-2-1-3-12(15)13-9-14(13)17(25)24-19-23-10-16(27-19)11-5-7-22-8-6-11/h1-4,10-11,13-14,18,22H,5-9H2,(H,23,24,25). The number of nitrogens with zero attached hydrogens (tertiary/aromatic N) is 1. The number of hydrogen-bond donors (Lipinski definition) is 2. The number of para-hydroxylation sites is 1. The predicted octanol–water partition coefficient (Wildman–Crippen LogP) is 3.95. The Bertz CT molecular complexity index is 808. The van der Waals surface area contributed by atoms with Crippen molar-refractivity contribution >= 4 is 22.4 Å². The van der Waals surface area contributed by atoms with Crippen molar-refractivity contribution in [1.82, 2.24) is 10.3 Å². The van der Waals surface area contributed by atoms with Crippen molar-refractivity contribution in [3.63, 3.8) is 0 Å². The van der Waals surface area contributed by atoms with Crippen molar-refractivity contribution in [3.05, 3.63) is 40.9 Å². The number of nitrogens with one attached hydrogen (secondary N) is 2. The number of benzene rings is 1. The Labute approximate surface area is 160 Å². The molecule has 1 aromatic heterocycles. The molecule has 5 nitrogen and oxygen atoms in total. The fourth-order valence-corrected chi connectivity index (χ4v) is 4.64. The first-order valence-corrected chi connectivity index (χ1v) is 9.94. The van der Waals surface area contributed by atoms with Gasteiger partial charge in [-0.15, -0.1) is 11.3 Å². The average molecular weight is 393 g/mol. The minimum absolute atomic E-state index is 0.0937. The van der Waals surface area contributed by atoms with E-state index in [0.717, 1.165) is 25.9 Å². The molecular formula is C19H21F2N3O2S. The summed E-state index contributed by atoms with van der Waals surface area (Å²) in [6, 6.07) is 6.68. The number of carbonyl (C=O) groups is 1. The molecule has 0 spiro atoms. The molecule has 2 unspecified atom stereocenters. The van der Waals surface area contributed by atoms with E-state index in [1.54, 1.807) is 18.2 Å². The van der Waals surface area contributed by atoms with Crippen molar-refractivity contribution in [3.8, 4) is 5.75 Å². The van der Waals surface area contributed by atoms with Gasteiger partial charge in [-0.3, -0.25) is 4.79 Å². The van der Waals surface area contributed by atoms with Gasteiger partial charge in [-0.25, -0.2) is 4.98 Å². The molecule has 2 aliphatic rings. The van der Waals surface area contributed by atoms with Gasteiger partial charge in [-0.2, -0.15) is 8.78 Å². The molecule has 1 aliphatic carbocycles. The van der Waals surface area contributed by atoms with Crippen molar-refractivity contribution < 1.29 is 18.3 Å². The second-order valence-corrected chi connectivity index (χ2v) is 8.01. The molecule has 0 bridgehead atoms. The molecule has 2 heterocycles. The summed E-state index contributed by atoms with van der Waals surface area (Å²) in [6.07, 6.45) is 4.65. The first-order chi connectivity index (χ1) is 13.1. The molecular weight excluding hydrogens is 372 g/mol. The highest BCUT2D eigenvalue weighted by atomic mass is 32.1. The molecule has 0 radical (unpaired) electrons. The summed E-state index contributed by atoms with van der Waals surface area (Å²) in [4.78, 5) is 18.1. The highest BCUT2D eigenvalue weighted by molar-refractivity contribution is 7.15. The number of hydrogen-bond acceptors (Lipinski definition) is 5. The van der Waals surface area contributed by atoms with E-state index < -0.39 is 6.61 Å². The molecule has 2 fully saturated rings. The largest absolute Gasteiger partial charge is 0.435 e. The van der Waals surface area contributed by atoms with Crippen LogP contribution in [0.15, 0.2) is 30.5 Å². The maximum atomic E-state index is 12.6. The summed E-state index contributed by atoms with van der Waals surface area (Å²) in [5.41, 5.74) is 0.660. The molecule has 27 heavy (non-hydrogen) atoms. The normalized spacial score (nSPS) is 22.6. The van der Waals surface area contributed by atoms with Crippen LogP contribution in [-0.2, 0) is 4.79 Å². The first kappa shape index (κ1) is 18.3. The zero-order valence-corrected chi connectivity index (χ0v) is 15.5. The smallest absolute Gasteiger partial charge is 0.387 e. The lowest BCUT2D eigenvalue weighted by molar-refractivity contribution is -0.117. The van der Waals surface area contributed by atoms with E-state index in [9.17, 15) is 13.6 Å². The number of amides is 1. The lowest BCUT2D eigenvalue weighted by Gasteiger charge is -2.20. The Balaban J connectivity index is 1.37. The van der Waals surface area contributed by atoms with Gasteiger partial charge >= 0.3 is 6.61 Å². The number of anilines is 1. The monoisotopic (exact) mass is 393 g/mol. The van der Waals surface area contributed by atoms with Crippen LogP contribution in [0, 0.1) is 5.92 Å². The summed E-state index contributed by atoms with van der Waals surface area (Å²) in [7, 11) is 0. The number of carbonyl (C=O) groups excluding carboxylic acids is 1. The summed E-state index contributed by atoms with van der Waals surface area (Å²) in [6.45, 7) is -0.858. The topological polar surface area (TPSA) is 63.2 Å². The third-order valence-electron chi connectivity index (χ3n) is 5.16. The molecule has 2 aromatic rings. The zero-order valence-electron chi connectivity index (χ0n) is 14.7. The van der Waals surface area contributed by atoms with Crippen molar-refractivity contribution in [2.75, 3.05) is 18.4 Å². The number of ether oxygens (including phenoxy) is 1. The highest BCUT2D eigenvalue weighted by Gasteiger charge is 2.45. The van der Waals surface area contributed by atoms with Crippen LogP contribution in [-0.4, -0.2) is 30.6 Å². The van der Waals surface area contributed by atoms with Crippen molar-refractivity contribution in [1.29, 1.82) is 0 Å². The fourth-order valence-electron chi connectivity index (χ4n) is 3.66. The van der Waals surface area contributed by atoms with E-state index in [0.29, 0.717) is 23.0 Å². The number of halogens is 2. The van der Waals surface area contributed by atoms with Crippen LogP contribution in [0.25, 0.3) is 0 Å². The van der Waals surface area contributed by atoms with Gasteiger partial charge in [0.15, 0.2) is 5.13 Å². The Morgan fingerprint density at radius 3 is 2.85 bits per heavy atom. The average Bonchev–Trinajstić information content (AvgIpc) is 3.34. The van der Waals surface area contributed by atoms with Crippen LogP contribution in [0.1, 0.15) is 41.5 Å². The molecule has 144 valence electrons. The highest BCUT2D eigenvalue weighted by Crippen LogP contribution is 2.51. The Morgan fingerprint density at radius 1 is 1.30 bits per heavy atom. The predicted molar refractivity (Wildman–Crippen MR) is 99.5 cm³/mol. The minimum Gasteiger partial charge on any atom is -0.435 e. The molecule has 1 amide bonds. The number of aromatic nitrogens is 1. The molecule has 1 saturated heterocycles. The van der Waals surface area contributed by atoms with Crippen LogP contribution >= 0.6 is 11.3 Å². The summed E-state index contributed by atoms with van der Waals surface area (Å²) < 4.78 is 29.7. The molecule has 2 N–H and O–H groups in total. The molecule has 1 aliphatic heterocycles. The fraction of sp³-hybridized carbons (Fsp3) is 0.474. The van der Waals surface area contributed by atoms with E-state index in [1.807, 2.05) is 6.20 Å². The summed E-state index contributed by atoms with van der Waals surface area (Å²) in [5.74, 6) is 0.206. The third-order valence-corrected chi connectivity index (χ3v) is 6.23. The minimum atomic E-state index is -2.87. The third kappa shape index (κ3) is 4.27. The van der Waals surface area contributed by atoms with E-state index in [1.165, 1.54) is 22.3 Å². The SMILES string of the molecule is O=C(Nc1ncc(C2CCNCC2)s1)C1CC1c1ccccc1OC(F)F.